The number of hydrogen-bond acceptors (Lipinski definition) is 6. The first-order valence-corrected chi connectivity index (χ1v) is 12.7. The Morgan fingerprint density at radius 1 is 0.892 bits per heavy atom. The number of ether oxygens (including phenoxy) is 1. The van der Waals surface area contributed by atoms with Crippen LogP contribution in [0.1, 0.15) is 29.8 Å². The van der Waals surface area contributed by atoms with Gasteiger partial charge in [0.05, 0.1) is 18.1 Å². The summed E-state index contributed by atoms with van der Waals surface area (Å²) in [6.07, 6.45) is 0. The predicted octanol–water partition coefficient (Wildman–Crippen LogP) is 5.64. The molecule has 37 heavy (non-hydrogen) atoms. The molecule has 0 unspecified atom stereocenters. The number of carbonyl (C=O) groups is 1. The minimum atomic E-state index is -0.178. The van der Waals surface area contributed by atoms with Gasteiger partial charge in [-0.3, -0.25) is 4.79 Å². The summed E-state index contributed by atoms with van der Waals surface area (Å²) in [5.74, 6) is 0.986. The number of aryl methyl sites for hydroxylation is 1. The van der Waals surface area contributed by atoms with Gasteiger partial charge in [-0.2, -0.15) is 0 Å². The zero-order valence-corrected chi connectivity index (χ0v) is 22.3. The molecule has 0 aliphatic carbocycles. The second-order valence-electron chi connectivity index (χ2n) is 9.11. The number of likely N-dealkylation sites (N-methyl/N-ethyl adjacent to an activating group) is 2. The first-order valence-electron chi connectivity index (χ1n) is 12.7. The Labute approximate surface area is 219 Å². The van der Waals surface area contributed by atoms with E-state index in [0.29, 0.717) is 28.5 Å². The molecule has 1 heterocycles. The van der Waals surface area contributed by atoms with Gasteiger partial charge in [0.1, 0.15) is 0 Å². The van der Waals surface area contributed by atoms with Gasteiger partial charge in [-0.1, -0.05) is 55.8 Å². The van der Waals surface area contributed by atoms with Gasteiger partial charge in [-0.05, 0) is 61.5 Å². The van der Waals surface area contributed by atoms with Crippen LogP contribution in [0.3, 0.4) is 0 Å². The van der Waals surface area contributed by atoms with Crippen molar-refractivity contribution in [1.29, 1.82) is 0 Å². The average molecular weight is 498 g/mol. The highest BCUT2D eigenvalue weighted by molar-refractivity contribution is 6.05. The number of fused-ring (bicyclic) bond motifs is 1. The first-order chi connectivity index (χ1) is 17.9. The Balaban J connectivity index is 1.49. The summed E-state index contributed by atoms with van der Waals surface area (Å²) in [7, 11) is 3.60. The standard InChI is InChI=1S/C30H35N5O2/c1-6-35(7-2)18-17-34(4)28-30(37-5)33-27-20-25(15-16-26(27)32-28)31-29(36)23-13-11-22(12-14-23)24-10-8-9-21(3)19-24/h8-16,19-20H,6-7,17-18H2,1-5H3,(H,31,36). The molecule has 7 nitrogen and oxygen atoms in total. The Kier molecular flexibility index (Phi) is 8.36. The van der Waals surface area contributed by atoms with Crippen LogP contribution in [0.2, 0.25) is 0 Å². The van der Waals surface area contributed by atoms with E-state index in [9.17, 15) is 4.79 Å². The molecule has 1 amide bonds. The lowest BCUT2D eigenvalue weighted by atomic mass is 10.0. The molecule has 0 spiro atoms. The minimum absolute atomic E-state index is 0.178. The molecule has 3 aromatic carbocycles. The fraction of sp³-hybridized carbons (Fsp3) is 0.300. The van der Waals surface area contributed by atoms with Gasteiger partial charge in [0.15, 0.2) is 5.82 Å². The molecule has 4 rings (SSSR count). The molecule has 0 saturated heterocycles. The summed E-state index contributed by atoms with van der Waals surface area (Å²) in [5.41, 5.74) is 6.05. The van der Waals surface area contributed by atoms with E-state index >= 15 is 0 Å². The van der Waals surface area contributed by atoms with E-state index in [2.05, 4.69) is 59.1 Å². The average Bonchev–Trinajstić information content (AvgIpc) is 2.92. The highest BCUT2D eigenvalue weighted by Crippen LogP contribution is 2.28. The Morgan fingerprint density at radius 3 is 2.32 bits per heavy atom. The number of nitrogens with one attached hydrogen (secondary N) is 1. The van der Waals surface area contributed by atoms with Crippen molar-refractivity contribution in [1.82, 2.24) is 14.9 Å². The van der Waals surface area contributed by atoms with Crippen molar-refractivity contribution in [3.63, 3.8) is 0 Å². The van der Waals surface area contributed by atoms with Crippen LogP contribution >= 0.6 is 0 Å². The van der Waals surface area contributed by atoms with Crippen molar-refractivity contribution in [2.75, 3.05) is 50.6 Å². The van der Waals surface area contributed by atoms with Crippen molar-refractivity contribution in [2.24, 2.45) is 0 Å². The van der Waals surface area contributed by atoms with E-state index in [-0.39, 0.29) is 5.91 Å². The van der Waals surface area contributed by atoms with Crippen LogP contribution in [-0.4, -0.2) is 61.1 Å². The summed E-state index contributed by atoms with van der Waals surface area (Å²) >= 11 is 0. The maximum atomic E-state index is 12.9. The third-order valence-electron chi connectivity index (χ3n) is 6.57. The fourth-order valence-corrected chi connectivity index (χ4v) is 4.27. The second-order valence-corrected chi connectivity index (χ2v) is 9.11. The van der Waals surface area contributed by atoms with Crippen LogP contribution in [0.4, 0.5) is 11.5 Å². The number of anilines is 2. The quantitative estimate of drug-likeness (QED) is 0.306. The summed E-state index contributed by atoms with van der Waals surface area (Å²) < 4.78 is 5.56. The van der Waals surface area contributed by atoms with Gasteiger partial charge < -0.3 is 19.9 Å². The lowest BCUT2D eigenvalue weighted by Crippen LogP contribution is -2.33. The highest BCUT2D eigenvalue weighted by atomic mass is 16.5. The third kappa shape index (κ3) is 6.24. The van der Waals surface area contributed by atoms with Crippen LogP contribution in [-0.2, 0) is 0 Å². The fourth-order valence-electron chi connectivity index (χ4n) is 4.27. The van der Waals surface area contributed by atoms with Gasteiger partial charge in [-0.15, -0.1) is 0 Å². The van der Waals surface area contributed by atoms with Gasteiger partial charge in [0, 0.05) is 31.4 Å². The Hall–Kier alpha value is -3.97. The molecule has 0 aliphatic rings. The topological polar surface area (TPSA) is 70.6 Å². The summed E-state index contributed by atoms with van der Waals surface area (Å²) in [6.45, 7) is 10.2. The normalized spacial score (nSPS) is 11.1. The van der Waals surface area contributed by atoms with E-state index in [4.69, 9.17) is 9.72 Å². The molecule has 0 saturated carbocycles. The number of aromatic nitrogens is 2. The van der Waals surface area contributed by atoms with Crippen LogP contribution in [0, 0.1) is 6.92 Å². The molecule has 0 atom stereocenters. The van der Waals surface area contributed by atoms with E-state index < -0.39 is 0 Å². The van der Waals surface area contributed by atoms with E-state index in [1.165, 1.54) is 5.56 Å². The second kappa shape index (κ2) is 11.8. The molecule has 7 heteroatoms. The lowest BCUT2D eigenvalue weighted by Gasteiger charge is -2.24. The van der Waals surface area contributed by atoms with Gasteiger partial charge in [0.25, 0.3) is 11.8 Å². The summed E-state index contributed by atoms with van der Waals surface area (Å²) in [6, 6.07) is 21.5. The molecule has 4 aromatic rings. The van der Waals surface area contributed by atoms with Crippen molar-refractivity contribution in [2.45, 2.75) is 20.8 Å². The summed E-state index contributed by atoms with van der Waals surface area (Å²) in [5, 5.41) is 2.98. The maximum Gasteiger partial charge on any atom is 0.257 e. The maximum absolute atomic E-state index is 12.9. The molecular formula is C30H35N5O2. The summed E-state index contributed by atoms with van der Waals surface area (Å²) in [4.78, 5) is 26.8. The zero-order chi connectivity index (χ0) is 26.4. The number of hydrogen-bond donors (Lipinski definition) is 1. The molecule has 0 aliphatic heterocycles. The molecule has 0 bridgehead atoms. The van der Waals surface area contributed by atoms with Crippen LogP contribution in [0.5, 0.6) is 5.88 Å². The zero-order valence-electron chi connectivity index (χ0n) is 22.3. The van der Waals surface area contributed by atoms with Crippen molar-refractivity contribution in [3.05, 3.63) is 77.9 Å². The van der Waals surface area contributed by atoms with Crippen LogP contribution in [0.25, 0.3) is 22.2 Å². The number of amides is 1. The number of benzene rings is 3. The van der Waals surface area contributed by atoms with E-state index in [0.717, 1.165) is 42.8 Å². The molecule has 1 aromatic heterocycles. The number of rotatable bonds is 10. The lowest BCUT2D eigenvalue weighted by molar-refractivity contribution is 0.102. The van der Waals surface area contributed by atoms with Gasteiger partial charge in [0.2, 0.25) is 0 Å². The van der Waals surface area contributed by atoms with E-state index in [1.54, 1.807) is 7.11 Å². The number of nitrogens with zero attached hydrogens (tertiary/aromatic N) is 4. The smallest absolute Gasteiger partial charge is 0.257 e. The van der Waals surface area contributed by atoms with Crippen LogP contribution < -0.4 is 15.0 Å². The molecule has 1 N–H and O–H groups in total. The number of carbonyl (C=O) groups excluding carboxylic acids is 1. The third-order valence-corrected chi connectivity index (χ3v) is 6.57. The monoisotopic (exact) mass is 497 g/mol. The highest BCUT2D eigenvalue weighted by Gasteiger charge is 2.15. The Bertz CT molecular complexity index is 1370. The van der Waals surface area contributed by atoms with Crippen molar-refractivity contribution < 1.29 is 9.53 Å². The molecule has 192 valence electrons. The SMILES string of the molecule is CCN(CC)CCN(C)c1nc2ccc(NC(=O)c3ccc(-c4cccc(C)c4)cc3)cc2nc1OC. The molecule has 0 radical (unpaired) electrons. The van der Waals surface area contributed by atoms with Gasteiger partial charge in [-0.25, -0.2) is 9.97 Å². The molecule has 0 fully saturated rings. The first kappa shape index (κ1) is 26.1. The van der Waals surface area contributed by atoms with Gasteiger partial charge >= 0.3 is 0 Å². The van der Waals surface area contributed by atoms with Crippen molar-refractivity contribution >= 4 is 28.4 Å². The Morgan fingerprint density at radius 2 is 1.65 bits per heavy atom. The molecular weight excluding hydrogens is 462 g/mol. The minimum Gasteiger partial charge on any atom is -0.478 e. The largest absolute Gasteiger partial charge is 0.478 e. The van der Waals surface area contributed by atoms with E-state index in [1.807, 2.05) is 55.6 Å². The number of methoxy groups -OCH3 is 1. The van der Waals surface area contributed by atoms with Crippen LogP contribution in [0.15, 0.2) is 66.7 Å². The predicted molar refractivity (Wildman–Crippen MR) is 152 cm³/mol. The van der Waals surface area contributed by atoms with Crippen molar-refractivity contribution in [3.8, 4) is 17.0 Å².